The summed E-state index contributed by atoms with van der Waals surface area (Å²) >= 11 is 0. The number of para-hydroxylation sites is 1. The number of nitrogens with one attached hydrogen (secondary N) is 2. The standard InChI is InChI=1S/C28H22FN3O5/c29-20-13-11-18(12-14-20)17-32-24(27(34)30-21-7-2-1-3-8-21)25(37-28(32)35)19-6-4-9-22(16-19)31-26(33)23-10-5-15-36-23/h1-16,24-25H,17H2,(H,30,34)(H,31,33). The SMILES string of the molecule is O=C(Nc1cccc(C2OC(=O)N(Cc3ccc(F)cc3)C2C(=O)Nc2ccccc2)c1)c1ccco1. The highest BCUT2D eigenvalue weighted by molar-refractivity contribution is 6.02. The third-order valence-electron chi connectivity index (χ3n) is 5.88. The van der Waals surface area contributed by atoms with E-state index in [0.29, 0.717) is 22.5 Å². The summed E-state index contributed by atoms with van der Waals surface area (Å²) in [5.74, 6) is -1.16. The van der Waals surface area contributed by atoms with Crippen molar-refractivity contribution in [3.05, 3.63) is 120 Å². The van der Waals surface area contributed by atoms with Crippen molar-refractivity contribution in [1.29, 1.82) is 0 Å². The lowest BCUT2D eigenvalue weighted by atomic mass is 10.00. The van der Waals surface area contributed by atoms with Crippen LogP contribution in [0.2, 0.25) is 0 Å². The number of rotatable bonds is 7. The molecular weight excluding hydrogens is 477 g/mol. The van der Waals surface area contributed by atoms with Gasteiger partial charge in [0.2, 0.25) is 0 Å². The van der Waals surface area contributed by atoms with E-state index < -0.39 is 35.9 Å². The second kappa shape index (κ2) is 10.4. The van der Waals surface area contributed by atoms with Crippen LogP contribution in [0.4, 0.5) is 20.6 Å². The summed E-state index contributed by atoms with van der Waals surface area (Å²) in [6.45, 7) is 0.0391. The molecule has 1 aromatic heterocycles. The number of benzene rings is 3. The fraction of sp³-hybridized carbons (Fsp3) is 0.107. The predicted molar refractivity (Wildman–Crippen MR) is 133 cm³/mol. The molecule has 1 aliphatic heterocycles. The van der Waals surface area contributed by atoms with Crippen LogP contribution in [0.25, 0.3) is 0 Å². The Morgan fingerprint density at radius 3 is 2.35 bits per heavy atom. The molecule has 0 bridgehead atoms. The van der Waals surface area contributed by atoms with Crippen molar-refractivity contribution in [3.63, 3.8) is 0 Å². The summed E-state index contributed by atoms with van der Waals surface area (Å²) in [5.41, 5.74) is 2.15. The van der Waals surface area contributed by atoms with Gasteiger partial charge >= 0.3 is 6.09 Å². The van der Waals surface area contributed by atoms with Gasteiger partial charge in [0.05, 0.1) is 12.8 Å². The largest absolute Gasteiger partial charge is 0.459 e. The molecule has 8 nitrogen and oxygen atoms in total. The summed E-state index contributed by atoms with van der Waals surface area (Å²) in [4.78, 5) is 40.2. The Morgan fingerprint density at radius 2 is 1.62 bits per heavy atom. The molecule has 2 unspecified atom stereocenters. The van der Waals surface area contributed by atoms with E-state index in [1.165, 1.54) is 29.4 Å². The molecule has 5 rings (SSSR count). The molecular formula is C28H22FN3O5. The number of carbonyl (C=O) groups is 3. The lowest BCUT2D eigenvalue weighted by molar-refractivity contribution is -0.121. The Balaban J connectivity index is 1.44. The minimum Gasteiger partial charge on any atom is -0.459 e. The van der Waals surface area contributed by atoms with Crippen LogP contribution in [0.5, 0.6) is 0 Å². The topological polar surface area (TPSA) is 101 Å². The monoisotopic (exact) mass is 499 g/mol. The Morgan fingerprint density at radius 1 is 0.865 bits per heavy atom. The van der Waals surface area contributed by atoms with E-state index in [1.54, 1.807) is 66.7 Å². The van der Waals surface area contributed by atoms with Gasteiger partial charge in [0.1, 0.15) is 5.82 Å². The van der Waals surface area contributed by atoms with E-state index in [-0.39, 0.29) is 12.3 Å². The van der Waals surface area contributed by atoms with E-state index in [0.717, 1.165) is 0 Å². The van der Waals surface area contributed by atoms with Crippen LogP contribution in [0.3, 0.4) is 0 Å². The molecule has 0 saturated carbocycles. The average Bonchev–Trinajstić information content (AvgIpc) is 3.55. The van der Waals surface area contributed by atoms with Gasteiger partial charge in [0.25, 0.3) is 11.8 Å². The van der Waals surface area contributed by atoms with Gasteiger partial charge in [0, 0.05) is 11.4 Å². The molecule has 2 atom stereocenters. The zero-order valence-electron chi connectivity index (χ0n) is 19.5. The van der Waals surface area contributed by atoms with Crippen molar-refractivity contribution in [2.45, 2.75) is 18.7 Å². The molecule has 1 aliphatic rings. The average molecular weight is 499 g/mol. The number of hydrogen-bond acceptors (Lipinski definition) is 5. The zero-order valence-corrected chi connectivity index (χ0v) is 19.5. The molecule has 186 valence electrons. The smallest absolute Gasteiger partial charge is 0.411 e. The van der Waals surface area contributed by atoms with E-state index in [9.17, 15) is 18.8 Å². The van der Waals surface area contributed by atoms with Crippen molar-refractivity contribution < 1.29 is 27.9 Å². The van der Waals surface area contributed by atoms with Gasteiger partial charge in [-0.1, -0.05) is 42.5 Å². The summed E-state index contributed by atoms with van der Waals surface area (Å²) < 4.78 is 24.2. The summed E-state index contributed by atoms with van der Waals surface area (Å²) in [5, 5.41) is 5.58. The van der Waals surface area contributed by atoms with Gasteiger partial charge in [-0.05, 0) is 59.7 Å². The molecule has 1 saturated heterocycles. The van der Waals surface area contributed by atoms with Crippen LogP contribution in [-0.2, 0) is 16.1 Å². The van der Waals surface area contributed by atoms with Crippen molar-refractivity contribution in [2.24, 2.45) is 0 Å². The Bertz CT molecular complexity index is 1410. The van der Waals surface area contributed by atoms with E-state index >= 15 is 0 Å². The molecule has 0 aliphatic carbocycles. The van der Waals surface area contributed by atoms with Gasteiger partial charge in [-0.2, -0.15) is 0 Å². The number of carbonyl (C=O) groups excluding carboxylic acids is 3. The molecule has 0 spiro atoms. The third-order valence-corrected chi connectivity index (χ3v) is 5.88. The molecule has 4 aromatic rings. The minimum absolute atomic E-state index is 0.0391. The quantitative estimate of drug-likeness (QED) is 0.356. The Hall–Kier alpha value is -4.92. The summed E-state index contributed by atoms with van der Waals surface area (Å²) in [6, 6.07) is 23.4. The van der Waals surface area contributed by atoms with E-state index in [4.69, 9.17) is 9.15 Å². The molecule has 2 heterocycles. The summed E-state index contributed by atoms with van der Waals surface area (Å²) in [7, 11) is 0. The van der Waals surface area contributed by atoms with Crippen LogP contribution in [0.15, 0.2) is 102 Å². The fourth-order valence-corrected chi connectivity index (χ4v) is 4.13. The molecule has 3 aromatic carbocycles. The normalized spacial score (nSPS) is 16.8. The van der Waals surface area contributed by atoms with Crippen LogP contribution in [0.1, 0.15) is 27.8 Å². The number of anilines is 2. The Labute approximate surface area is 211 Å². The first kappa shape index (κ1) is 23.8. The highest BCUT2D eigenvalue weighted by Crippen LogP contribution is 2.35. The van der Waals surface area contributed by atoms with Crippen molar-refractivity contribution in [1.82, 2.24) is 4.90 Å². The number of nitrogens with zero attached hydrogens (tertiary/aromatic N) is 1. The first-order chi connectivity index (χ1) is 18.0. The number of furan rings is 1. The Kier molecular flexibility index (Phi) is 6.67. The molecule has 1 fully saturated rings. The van der Waals surface area contributed by atoms with Crippen molar-refractivity contribution in [2.75, 3.05) is 10.6 Å². The van der Waals surface area contributed by atoms with Crippen LogP contribution in [-0.4, -0.2) is 28.8 Å². The highest BCUT2D eigenvalue weighted by atomic mass is 19.1. The lowest BCUT2D eigenvalue weighted by Gasteiger charge is -2.24. The number of ether oxygens (including phenoxy) is 1. The maximum absolute atomic E-state index is 13.5. The molecule has 37 heavy (non-hydrogen) atoms. The first-order valence-corrected chi connectivity index (χ1v) is 11.5. The predicted octanol–water partition coefficient (Wildman–Crippen LogP) is 5.37. The second-order valence-corrected chi connectivity index (χ2v) is 8.42. The highest BCUT2D eigenvalue weighted by Gasteiger charge is 2.47. The minimum atomic E-state index is -1.03. The number of halogens is 1. The van der Waals surface area contributed by atoms with Gasteiger partial charge in [-0.15, -0.1) is 0 Å². The van der Waals surface area contributed by atoms with Crippen LogP contribution < -0.4 is 10.6 Å². The van der Waals surface area contributed by atoms with Crippen LogP contribution in [0, 0.1) is 5.82 Å². The zero-order chi connectivity index (χ0) is 25.8. The van der Waals surface area contributed by atoms with E-state index in [2.05, 4.69) is 10.6 Å². The maximum atomic E-state index is 13.5. The van der Waals surface area contributed by atoms with Crippen LogP contribution >= 0.6 is 0 Å². The molecule has 3 amide bonds. The molecule has 9 heteroatoms. The molecule has 0 radical (unpaired) electrons. The van der Waals surface area contributed by atoms with Gasteiger partial charge in [-0.3, -0.25) is 14.5 Å². The first-order valence-electron chi connectivity index (χ1n) is 11.5. The second-order valence-electron chi connectivity index (χ2n) is 8.42. The number of amides is 3. The van der Waals surface area contributed by atoms with Gasteiger partial charge in [-0.25, -0.2) is 9.18 Å². The third kappa shape index (κ3) is 5.35. The lowest BCUT2D eigenvalue weighted by Crippen LogP contribution is -2.43. The summed E-state index contributed by atoms with van der Waals surface area (Å²) in [6.07, 6.45) is -0.251. The molecule has 2 N–H and O–H groups in total. The number of cyclic esters (lactones) is 1. The maximum Gasteiger partial charge on any atom is 0.411 e. The van der Waals surface area contributed by atoms with E-state index in [1.807, 2.05) is 6.07 Å². The number of hydrogen-bond donors (Lipinski definition) is 2. The fourth-order valence-electron chi connectivity index (χ4n) is 4.13. The van der Waals surface area contributed by atoms with Crippen molar-refractivity contribution >= 4 is 29.3 Å². The van der Waals surface area contributed by atoms with Crippen molar-refractivity contribution in [3.8, 4) is 0 Å². The van der Waals surface area contributed by atoms with Gasteiger partial charge in [0.15, 0.2) is 17.9 Å². The van der Waals surface area contributed by atoms with Gasteiger partial charge < -0.3 is 19.8 Å².